The molecule has 0 spiro atoms. The second-order valence-electron chi connectivity index (χ2n) is 2.61. The molecule has 0 amide bonds. The number of alkyl halides is 3. The molecule has 0 unspecified atom stereocenters. The monoisotopic (exact) mass is 153 g/mol. The predicted molar refractivity (Wildman–Crippen MR) is 31.7 cm³/mol. The van der Waals surface area contributed by atoms with E-state index in [0.717, 1.165) is 0 Å². The lowest BCUT2D eigenvalue weighted by Gasteiger charge is -2.19. The molecular weight excluding hydrogens is 143 g/mol. The molecule has 1 aliphatic rings. The molecule has 1 saturated carbocycles. The molecule has 10 heavy (non-hydrogen) atoms. The molecule has 0 saturated heterocycles. The van der Waals surface area contributed by atoms with Crippen LogP contribution in [0.2, 0.25) is 0 Å². The second kappa shape index (κ2) is 2.12. The minimum atomic E-state index is -4.05. The Morgan fingerprint density at radius 3 is 2.00 bits per heavy atom. The average Bonchev–Trinajstić information content (AvgIpc) is 2.45. The summed E-state index contributed by atoms with van der Waals surface area (Å²) in [5, 5.41) is 2.45. The minimum Gasteiger partial charge on any atom is -0.304 e. The van der Waals surface area contributed by atoms with E-state index in [4.69, 9.17) is 0 Å². The highest BCUT2D eigenvalue weighted by molar-refractivity contribution is 5.07. The van der Waals surface area contributed by atoms with Crippen molar-refractivity contribution in [1.82, 2.24) is 5.32 Å². The van der Waals surface area contributed by atoms with Crippen LogP contribution in [0.25, 0.3) is 0 Å². The SMILES string of the molecule is CCNC1(C(F)(F)F)CC1. The first kappa shape index (κ1) is 7.85. The van der Waals surface area contributed by atoms with Crippen molar-refractivity contribution >= 4 is 0 Å². The lowest BCUT2D eigenvalue weighted by atomic mass is 10.2. The van der Waals surface area contributed by atoms with Crippen LogP contribution in [-0.4, -0.2) is 18.3 Å². The Hall–Kier alpha value is -0.250. The number of halogens is 3. The van der Waals surface area contributed by atoms with Crippen molar-refractivity contribution in [2.45, 2.75) is 31.5 Å². The number of nitrogens with one attached hydrogen (secondary N) is 1. The Morgan fingerprint density at radius 2 is 1.90 bits per heavy atom. The Bertz CT molecular complexity index is 125. The van der Waals surface area contributed by atoms with E-state index < -0.39 is 11.7 Å². The summed E-state index contributed by atoms with van der Waals surface area (Å²) in [4.78, 5) is 0. The predicted octanol–water partition coefficient (Wildman–Crippen LogP) is 1.69. The molecule has 0 radical (unpaired) electrons. The second-order valence-corrected chi connectivity index (χ2v) is 2.61. The first-order chi connectivity index (χ1) is 4.52. The fraction of sp³-hybridized carbons (Fsp3) is 1.00. The van der Waals surface area contributed by atoms with Crippen LogP contribution in [0, 0.1) is 0 Å². The molecule has 1 rings (SSSR count). The maximum Gasteiger partial charge on any atom is 0.406 e. The van der Waals surface area contributed by atoms with E-state index >= 15 is 0 Å². The van der Waals surface area contributed by atoms with E-state index in [-0.39, 0.29) is 12.8 Å². The smallest absolute Gasteiger partial charge is 0.304 e. The summed E-state index contributed by atoms with van der Waals surface area (Å²) < 4.78 is 36.1. The maximum atomic E-state index is 12.0. The van der Waals surface area contributed by atoms with Crippen molar-refractivity contribution in [3.05, 3.63) is 0 Å². The van der Waals surface area contributed by atoms with E-state index in [1.165, 1.54) is 0 Å². The molecular formula is C6H10F3N. The quantitative estimate of drug-likeness (QED) is 0.636. The molecule has 4 heteroatoms. The molecule has 0 aromatic heterocycles. The fourth-order valence-electron chi connectivity index (χ4n) is 1.02. The Labute approximate surface area is 57.6 Å². The van der Waals surface area contributed by atoms with Gasteiger partial charge in [0.15, 0.2) is 0 Å². The van der Waals surface area contributed by atoms with Gasteiger partial charge in [-0.05, 0) is 19.4 Å². The van der Waals surface area contributed by atoms with Gasteiger partial charge in [-0.2, -0.15) is 13.2 Å². The van der Waals surface area contributed by atoms with E-state index in [9.17, 15) is 13.2 Å². The lowest BCUT2D eigenvalue weighted by Crippen LogP contribution is -2.44. The topological polar surface area (TPSA) is 12.0 Å². The largest absolute Gasteiger partial charge is 0.406 e. The molecule has 0 bridgehead atoms. The Balaban J connectivity index is 2.52. The van der Waals surface area contributed by atoms with Crippen LogP contribution < -0.4 is 5.32 Å². The molecule has 1 aliphatic carbocycles. The highest BCUT2D eigenvalue weighted by Gasteiger charge is 2.62. The van der Waals surface area contributed by atoms with E-state index in [1.54, 1.807) is 6.92 Å². The van der Waals surface area contributed by atoms with Crippen LogP contribution >= 0.6 is 0 Å². The van der Waals surface area contributed by atoms with Gasteiger partial charge in [-0.25, -0.2) is 0 Å². The van der Waals surface area contributed by atoms with Gasteiger partial charge in [-0.15, -0.1) is 0 Å². The van der Waals surface area contributed by atoms with Crippen molar-refractivity contribution in [2.75, 3.05) is 6.54 Å². The lowest BCUT2D eigenvalue weighted by molar-refractivity contribution is -0.165. The summed E-state index contributed by atoms with van der Waals surface area (Å²) in [6.45, 7) is 2.07. The van der Waals surface area contributed by atoms with Gasteiger partial charge in [-0.3, -0.25) is 0 Å². The highest BCUT2D eigenvalue weighted by atomic mass is 19.4. The molecule has 0 aliphatic heterocycles. The normalized spacial score (nSPS) is 22.8. The van der Waals surface area contributed by atoms with E-state index in [0.29, 0.717) is 6.54 Å². The summed E-state index contributed by atoms with van der Waals surface area (Å²) in [6, 6.07) is 0. The fourth-order valence-corrected chi connectivity index (χ4v) is 1.02. The van der Waals surface area contributed by atoms with Gasteiger partial charge in [0.1, 0.15) is 5.54 Å². The van der Waals surface area contributed by atoms with Gasteiger partial charge >= 0.3 is 6.18 Å². The van der Waals surface area contributed by atoms with Gasteiger partial charge in [0.05, 0.1) is 0 Å². The third-order valence-corrected chi connectivity index (χ3v) is 1.81. The van der Waals surface area contributed by atoms with E-state index in [2.05, 4.69) is 5.32 Å². The maximum absolute atomic E-state index is 12.0. The van der Waals surface area contributed by atoms with Crippen molar-refractivity contribution < 1.29 is 13.2 Å². The van der Waals surface area contributed by atoms with Crippen LogP contribution in [0.4, 0.5) is 13.2 Å². The van der Waals surface area contributed by atoms with Crippen LogP contribution in [0.15, 0.2) is 0 Å². The van der Waals surface area contributed by atoms with Gasteiger partial charge in [0.25, 0.3) is 0 Å². The molecule has 0 aromatic carbocycles. The highest BCUT2D eigenvalue weighted by Crippen LogP contribution is 2.48. The zero-order valence-corrected chi connectivity index (χ0v) is 5.76. The summed E-state index contributed by atoms with van der Waals surface area (Å²) in [7, 11) is 0. The molecule has 1 fully saturated rings. The molecule has 0 heterocycles. The zero-order valence-electron chi connectivity index (χ0n) is 5.76. The Morgan fingerprint density at radius 1 is 1.40 bits per heavy atom. The molecule has 1 N–H and O–H groups in total. The first-order valence-corrected chi connectivity index (χ1v) is 3.33. The van der Waals surface area contributed by atoms with Gasteiger partial charge in [0, 0.05) is 0 Å². The summed E-state index contributed by atoms with van der Waals surface area (Å²) in [6.07, 6.45) is -3.57. The standard InChI is InChI=1S/C6H10F3N/c1-2-10-5(3-4-5)6(7,8)9/h10H,2-4H2,1H3. The summed E-state index contributed by atoms with van der Waals surface area (Å²) >= 11 is 0. The van der Waals surface area contributed by atoms with Crippen molar-refractivity contribution in [2.24, 2.45) is 0 Å². The third-order valence-electron chi connectivity index (χ3n) is 1.81. The molecule has 1 nitrogen and oxygen atoms in total. The van der Waals surface area contributed by atoms with Crippen LogP contribution in [0.3, 0.4) is 0 Å². The number of rotatable bonds is 2. The van der Waals surface area contributed by atoms with Crippen molar-refractivity contribution in [3.8, 4) is 0 Å². The van der Waals surface area contributed by atoms with Crippen LogP contribution in [-0.2, 0) is 0 Å². The zero-order chi connectivity index (χ0) is 7.83. The van der Waals surface area contributed by atoms with Gasteiger partial charge in [0.2, 0.25) is 0 Å². The third kappa shape index (κ3) is 1.12. The van der Waals surface area contributed by atoms with E-state index in [1.807, 2.05) is 0 Å². The van der Waals surface area contributed by atoms with Crippen molar-refractivity contribution in [3.63, 3.8) is 0 Å². The number of hydrogen-bond acceptors (Lipinski definition) is 1. The van der Waals surface area contributed by atoms with Crippen LogP contribution in [0.5, 0.6) is 0 Å². The number of hydrogen-bond donors (Lipinski definition) is 1. The summed E-state index contributed by atoms with van der Waals surface area (Å²) in [5.74, 6) is 0. The van der Waals surface area contributed by atoms with Gasteiger partial charge < -0.3 is 5.32 Å². The molecule has 0 atom stereocenters. The van der Waals surface area contributed by atoms with Gasteiger partial charge in [-0.1, -0.05) is 6.92 Å². The van der Waals surface area contributed by atoms with Crippen LogP contribution in [0.1, 0.15) is 19.8 Å². The Kier molecular flexibility index (Phi) is 1.66. The average molecular weight is 153 g/mol. The molecule has 60 valence electrons. The minimum absolute atomic E-state index is 0.240. The first-order valence-electron chi connectivity index (χ1n) is 3.33. The molecule has 0 aromatic rings. The van der Waals surface area contributed by atoms with Crippen molar-refractivity contribution in [1.29, 1.82) is 0 Å². The summed E-state index contributed by atoms with van der Waals surface area (Å²) in [5.41, 5.74) is -1.51.